The summed E-state index contributed by atoms with van der Waals surface area (Å²) in [7, 11) is 0. The van der Waals surface area contributed by atoms with Crippen molar-refractivity contribution in [3.05, 3.63) is 40.3 Å². The predicted octanol–water partition coefficient (Wildman–Crippen LogP) is 2.46. The normalized spacial score (nSPS) is 16.9. The molecule has 0 fully saturated rings. The molecule has 3 rings (SSSR count). The molecule has 23 heavy (non-hydrogen) atoms. The largest absolute Gasteiger partial charge is 0.338 e. The van der Waals surface area contributed by atoms with Crippen molar-refractivity contribution in [2.75, 3.05) is 13.1 Å². The van der Waals surface area contributed by atoms with Crippen molar-refractivity contribution >= 4 is 17.2 Å². The zero-order valence-electron chi connectivity index (χ0n) is 13.7. The lowest BCUT2D eigenvalue weighted by Gasteiger charge is -2.27. The molecule has 2 aromatic heterocycles. The maximum Gasteiger partial charge on any atom is 0.224 e. The van der Waals surface area contributed by atoms with Crippen LogP contribution < -0.4 is 5.32 Å². The van der Waals surface area contributed by atoms with E-state index in [4.69, 9.17) is 0 Å². The van der Waals surface area contributed by atoms with E-state index in [2.05, 4.69) is 35.7 Å². The fraction of sp³-hybridized carbons (Fsp3) is 0.529. The summed E-state index contributed by atoms with van der Waals surface area (Å²) in [6.07, 6.45) is 5.32. The molecule has 1 aliphatic heterocycles. The van der Waals surface area contributed by atoms with Crippen LogP contribution in [0.25, 0.3) is 0 Å². The maximum absolute atomic E-state index is 12.4. The van der Waals surface area contributed by atoms with E-state index in [1.807, 2.05) is 21.8 Å². The molecule has 3 heterocycles. The molecule has 2 atom stereocenters. The summed E-state index contributed by atoms with van der Waals surface area (Å²) in [4.78, 5) is 15.8. The molecule has 124 valence electrons. The number of rotatable bonds is 6. The van der Waals surface area contributed by atoms with Crippen LogP contribution in [0.3, 0.4) is 0 Å². The van der Waals surface area contributed by atoms with E-state index in [9.17, 15) is 4.79 Å². The van der Waals surface area contributed by atoms with Crippen molar-refractivity contribution in [3.63, 3.8) is 0 Å². The number of amides is 1. The van der Waals surface area contributed by atoms with Gasteiger partial charge in [-0.3, -0.25) is 9.48 Å². The van der Waals surface area contributed by atoms with Gasteiger partial charge in [0.1, 0.15) is 0 Å². The molecule has 0 aliphatic carbocycles. The first-order valence-corrected chi connectivity index (χ1v) is 9.08. The average molecular weight is 332 g/mol. The Morgan fingerprint density at radius 3 is 3.13 bits per heavy atom. The van der Waals surface area contributed by atoms with Crippen molar-refractivity contribution in [1.29, 1.82) is 0 Å². The minimum absolute atomic E-state index is 0.244. The molecule has 2 aromatic rings. The zero-order chi connectivity index (χ0) is 16.2. The molecule has 0 saturated carbocycles. The second-order valence-electron chi connectivity index (χ2n) is 6.15. The summed E-state index contributed by atoms with van der Waals surface area (Å²) in [6.45, 7) is 6.60. The van der Waals surface area contributed by atoms with Crippen molar-refractivity contribution in [2.45, 2.75) is 45.3 Å². The highest BCUT2D eigenvalue weighted by Gasteiger charge is 2.21. The van der Waals surface area contributed by atoms with Gasteiger partial charge in [-0.25, -0.2) is 0 Å². The average Bonchev–Trinajstić information content (AvgIpc) is 3.24. The van der Waals surface area contributed by atoms with Gasteiger partial charge < -0.3 is 10.2 Å². The fourth-order valence-electron chi connectivity index (χ4n) is 2.95. The van der Waals surface area contributed by atoms with Crippen LogP contribution in [-0.4, -0.2) is 39.7 Å². The SMILES string of the molecule is CC(NCCC(=O)N1CCc2sccc2C1)C(C)n1cccn1. The highest BCUT2D eigenvalue weighted by atomic mass is 32.1. The quantitative estimate of drug-likeness (QED) is 0.884. The van der Waals surface area contributed by atoms with E-state index in [-0.39, 0.29) is 18.0 Å². The highest BCUT2D eigenvalue weighted by molar-refractivity contribution is 7.10. The first kappa shape index (κ1) is 16.2. The Bertz CT molecular complexity index is 637. The van der Waals surface area contributed by atoms with E-state index in [1.54, 1.807) is 17.5 Å². The number of nitrogens with one attached hydrogen (secondary N) is 1. The molecule has 0 bridgehead atoms. The third-order valence-electron chi connectivity index (χ3n) is 4.63. The Morgan fingerprint density at radius 2 is 2.35 bits per heavy atom. The number of thiophene rings is 1. The van der Waals surface area contributed by atoms with E-state index < -0.39 is 0 Å². The molecule has 0 radical (unpaired) electrons. The summed E-state index contributed by atoms with van der Waals surface area (Å²) in [5.74, 6) is 0.244. The van der Waals surface area contributed by atoms with E-state index in [1.165, 1.54) is 10.4 Å². The number of carbonyl (C=O) groups excluding carboxylic acids is 1. The number of fused-ring (bicyclic) bond motifs is 1. The van der Waals surface area contributed by atoms with E-state index in [0.29, 0.717) is 13.0 Å². The Morgan fingerprint density at radius 1 is 1.48 bits per heavy atom. The number of aromatic nitrogens is 2. The predicted molar refractivity (Wildman–Crippen MR) is 92.5 cm³/mol. The molecular weight excluding hydrogens is 308 g/mol. The van der Waals surface area contributed by atoms with Gasteiger partial charge in [0, 0.05) is 49.4 Å². The molecule has 5 nitrogen and oxygen atoms in total. The molecule has 1 aliphatic rings. The van der Waals surface area contributed by atoms with Gasteiger partial charge in [-0.1, -0.05) is 0 Å². The van der Waals surface area contributed by atoms with Crippen LogP contribution in [0.5, 0.6) is 0 Å². The Hall–Kier alpha value is -1.66. The van der Waals surface area contributed by atoms with Gasteiger partial charge in [0.05, 0.1) is 6.04 Å². The first-order valence-electron chi connectivity index (χ1n) is 8.20. The van der Waals surface area contributed by atoms with Gasteiger partial charge in [-0.15, -0.1) is 11.3 Å². The highest BCUT2D eigenvalue weighted by Crippen LogP contribution is 2.24. The molecular formula is C17H24N4OS. The third-order valence-corrected chi connectivity index (χ3v) is 5.65. The number of carbonyl (C=O) groups is 1. The fourth-order valence-corrected chi connectivity index (χ4v) is 3.84. The Balaban J connectivity index is 1.43. The van der Waals surface area contributed by atoms with Crippen LogP contribution in [0.2, 0.25) is 0 Å². The molecule has 0 spiro atoms. The molecule has 2 unspecified atom stereocenters. The van der Waals surface area contributed by atoms with Crippen molar-refractivity contribution in [2.24, 2.45) is 0 Å². The summed E-state index contributed by atoms with van der Waals surface area (Å²) in [5.41, 5.74) is 1.32. The van der Waals surface area contributed by atoms with Gasteiger partial charge in [0.2, 0.25) is 5.91 Å². The van der Waals surface area contributed by atoms with Crippen LogP contribution in [0, 0.1) is 0 Å². The van der Waals surface area contributed by atoms with Gasteiger partial charge in [0.25, 0.3) is 0 Å². The van der Waals surface area contributed by atoms with Crippen molar-refractivity contribution in [1.82, 2.24) is 20.0 Å². The van der Waals surface area contributed by atoms with Gasteiger partial charge >= 0.3 is 0 Å². The Labute approximate surface area is 141 Å². The maximum atomic E-state index is 12.4. The van der Waals surface area contributed by atoms with E-state index in [0.717, 1.165) is 19.5 Å². The van der Waals surface area contributed by atoms with Crippen LogP contribution in [0.15, 0.2) is 29.9 Å². The monoisotopic (exact) mass is 332 g/mol. The summed E-state index contributed by atoms with van der Waals surface area (Å²) in [5, 5.41) is 9.84. The molecule has 0 saturated heterocycles. The van der Waals surface area contributed by atoms with Crippen LogP contribution in [0.1, 0.15) is 36.8 Å². The van der Waals surface area contributed by atoms with Gasteiger partial charge in [-0.05, 0) is 43.3 Å². The third kappa shape index (κ3) is 3.82. The second kappa shape index (κ2) is 7.27. The van der Waals surface area contributed by atoms with E-state index >= 15 is 0 Å². The van der Waals surface area contributed by atoms with Gasteiger partial charge in [-0.2, -0.15) is 5.10 Å². The smallest absolute Gasteiger partial charge is 0.224 e. The summed E-state index contributed by atoms with van der Waals surface area (Å²) >= 11 is 1.80. The lowest BCUT2D eigenvalue weighted by Crippen LogP contribution is -2.39. The van der Waals surface area contributed by atoms with Crippen molar-refractivity contribution < 1.29 is 4.79 Å². The molecule has 6 heteroatoms. The lowest BCUT2D eigenvalue weighted by molar-refractivity contribution is -0.132. The standard InChI is InChI=1S/C17H24N4OS/c1-13(14(2)21-9-3-7-19-21)18-8-4-17(22)20-10-5-16-15(12-20)6-11-23-16/h3,6-7,9,11,13-14,18H,4-5,8,10,12H2,1-2H3. The number of hydrogen-bond acceptors (Lipinski definition) is 4. The molecule has 1 amide bonds. The Kier molecular flexibility index (Phi) is 5.13. The minimum atomic E-state index is 0.244. The summed E-state index contributed by atoms with van der Waals surface area (Å²) in [6, 6.07) is 4.61. The van der Waals surface area contributed by atoms with Gasteiger partial charge in [0.15, 0.2) is 0 Å². The lowest BCUT2D eigenvalue weighted by atomic mass is 10.1. The van der Waals surface area contributed by atoms with Crippen LogP contribution >= 0.6 is 11.3 Å². The minimum Gasteiger partial charge on any atom is -0.338 e. The molecule has 0 aromatic carbocycles. The first-order chi connectivity index (χ1) is 11.1. The zero-order valence-corrected chi connectivity index (χ0v) is 14.6. The van der Waals surface area contributed by atoms with Crippen LogP contribution in [-0.2, 0) is 17.8 Å². The molecule has 1 N–H and O–H groups in total. The number of hydrogen-bond donors (Lipinski definition) is 1. The topological polar surface area (TPSA) is 50.2 Å². The number of nitrogens with zero attached hydrogens (tertiary/aromatic N) is 3. The van der Waals surface area contributed by atoms with Crippen LogP contribution in [0.4, 0.5) is 0 Å². The summed E-state index contributed by atoms with van der Waals surface area (Å²) < 4.78 is 1.95. The van der Waals surface area contributed by atoms with Crippen molar-refractivity contribution in [3.8, 4) is 0 Å². The second-order valence-corrected chi connectivity index (χ2v) is 7.15.